The number of anilines is 1. The lowest BCUT2D eigenvalue weighted by Gasteiger charge is -2.28. The van der Waals surface area contributed by atoms with E-state index in [1.807, 2.05) is 37.3 Å². The summed E-state index contributed by atoms with van der Waals surface area (Å²) in [7, 11) is 0. The zero-order valence-electron chi connectivity index (χ0n) is 11.9. The largest absolute Gasteiger partial charge is 0.493 e. The van der Waals surface area contributed by atoms with Crippen molar-refractivity contribution in [3.05, 3.63) is 59.2 Å². The molecular formula is C17H18N2OS. The maximum Gasteiger partial charge on any atom is 0.124 e. The molecule has 0 saturated carbocycles. The molecule has 0 amide bonds. The second-order valence-corrected chi connectivity index (χ2v) is 5.73. The van der Waals surface area contributed by atoms with Crippen LogP contribution in [0, 0.1) is 6.92 Å². The predicted molar refractivity (Wildman–Crippen MR) is 90.0 cm³/mol. The summed E-state index contributed by atoms with van der Waals surface area (Å²) >= 11 is 5.17. The highest BCUT2D eigenvalue weighted by atomic mass is 32.1. The minimum absolute atomic E-state index is 0.214. The van der Waals surface area contributed by atoms with Gasteiger partial charge in [0.25, 0.3) is 0 Å². The standard InChI is InChI=1S/C17H18N2OS/c1-11-6-7-14(13(10-11)17(18)21)19-15-8-9-20-16-5-3-2-4-12(15)16/h2-7,10,15,19H,8-9H2,1H3,(H2,18,21). The molecule has 108 valence electrons. The summed E-state index contributed by atoms with van der Waals surface area (Å²) in [5.41, 5.74) is 10.1. The molecule has 3 N–H and O–H groups in total. The normalized spacial score (nSPS) is 16.7. The molecule has 21 heavy (non-hydrogen) atoms. The topological polar surface area (TPSA) is 47.3 Å². The van der Waals surface area contributed by atoms with Gasteiger partial charge in [-0.25, -0.2) is 0 Å². The SMILES string of the molecule is Cc1ccc(NC2CCOc3ccccc32)c(C(N)=S)c1. The van der Waals surface area contributed by atoms with Crippen molar-refractivity contribution in [2.45, 2.75) is 19.4 Å². The molecule has 0 saturated heterocycles. The van der Waals surface area contributed by atoms with E-state index in [-0.39, 0.29) is 6.04 Å². The van der Waals surface area contributed by atoms with E-state index in [0.29, 0.717) is 11.6 Å². The quantitative estimate of drug-likeness (QED) is 0.851. The highest BCUT2D eigenvalue weighted by molar-refractivity contribution is 7.80. The van der Waals surface area contributed by atoms with Crippen molar-refractivity contribution in [3.63, 3.8) is 0 Å². The fraction of sp³-hybridized carbons (Fsp3) is 0.235. The molecule has 2 aromatic rings. The van der Waals surface area contributed by atoms with Gasteiger partial charge in [0.1, 0.15) is 10.7 Å². The first kappa shape index (κ1) is 13.9. The van der Waals surface area contributed by atoms with Crippen molar-refractivity contribution in [2.24, 2.45) is 5.73 Å². The Morgan fingerprint density at radius 3 is 2.90 bits per heavy atom. The lowest BCUT2D eigenvalue weighted by atomic mass is 9.99. The van der Waals surface area contributed by atoms with Gasteiger partial charge in [-0.05, 0) is 25.1 Å². The van der Waals surface area contributed by atoms with Crippen LogP contribution in [0.2, 0.25) is 0 Å². The van der Waals surface area contributed by atoms with Crippen molar-refractivity contribution in [2.75, 3.05) is 11.9 Å². The molecule has 1 heterocycles. The van der Waals surface area contributed by atoms with E-state index in [0.717, 1.165) is 29.0 Å². The fourth-order valence-electron chi connectivity index (χ4n) is 2.67. The number of ether oxygens (including phenoxy) is 1. The zero-order chi connectivity index (χ0) is 14.8. The number of nitrogens with two attached hydrogens (primary N) is 1. The molecule has 1 unspecified atom stereocenters. The highest BCUT2D eigenvalue weighted by Gasteiger charge is 2.21. The minimum Gasteiger partial charge on any atom is -0.493 e. The summed E-state index contributed by atoms with van der Waals surface area (Å²) in [6.45, 7) is 2.75. The van der Waals surface area contributed by atoms with Crippen LogP contribution in [-0.4, -0.2) is 11.6 Å². The third kappa shape index (κ3) is 2.85. The molecule has 3 nitrogen and oxygen atoms in total. The summed E-state index contributed by atoms with van der Waals surface area (Å²) in [6, 6.07) is 14.5. The zero-order valence-corrected chi connectivity index (χ0v) is 12.7. The van der Waals surface area contributed by atoms with Crippen LogP contribution in [0.5, 0.6) is 5.75 Å². The van der Waals surface area contributed by atoms with Crippen LogP contribution >= 0.6 is 12.2 Å². The van der Waals surface area contributed by atoms with Crippen LogP contribution in [-0.2, 0) is 0 Å². The van der Waals surface area contributed by atoms with Crippen LogP contribution in [0.4, 0.5) is 5.69 Å². The average molecular weight is 298 g/mol. The van der Waals surface area contributed by atoms with E-state index in [1.54, 1.807) is 0 Å². The Kier molecular flexibility index (Phi) is 3.80. The van der Waals surface area contributed by atoms with Crippen LogP contribution in [0.1, 0.15) is 29.2 Å². The maximum atomic E-state index is 5.85. The van der Waals surface area contributed by atoms with Crippen molar-refractivity contribution < 1.29 is 4.74 Å². The Hall–Kier alpha value is -2.07. The molecule has 0 bridgehead atoms. The summed E-state index contributed by atoms with van der Waals surface area (Å²) in [6.07, 6.45) is 0.918. The Morgan fingerprint density at radius 2 is 2.10 bits per heavy atom. The van der Waals surface area contributed by atoms with Crippen LogP contribution in [0.15, 0.2) is 42.5 Å². The van der Waals surface area contributed by atoms with Gasteiger partial charge >= 0.3 is 0 Å². The molecule has 1 atom stereocenters. The Bertz CT molecular complexity index is 684. The second-order valence-electron chi connectivity index (χ2n) is 5.29. The monoisotopic (exact) mass is 298 g/mol. The molecule has 0 spiro atoms. The number of para-hydroxylation sites is 1. The second kappa shape index (κ2) is 5.74. The molecule has 0 aromatic heterocycles. The Balaban J connectivity index is 1.93. The molecule has 0 fully saturated rings. The van der Waals surface area contributed by atoms with Gasteiger partial charge in [-0.3, -0.25) is 0 Å². The van der Waals surface area contributed by atoms with E-state index in [1.165, 1.54) is 5.56 Å². The minimum atomic E-state index is 0.214. The van der Waals surface area contributed by atoms with E-state index in [4.69, 9.17) is 22.7 Å². The van der Waals surface area contributed by atoms with Gasteiger partial charge in [0, 0.05) is 23.2 Å². The molecule has 4 heteroatoms. The van der Waals surface area contributed by atoms with Gasteiger partial charge in [0.2, 0.25) is 0 Å². The van der Waals surface area contributed by atoms with Gasteiger partial charge in [-0.15, -0.1) is 0 Å². The molecule has 3 rings (SSSR count). The molecule has 2 aromatic carbocycles. The van der Waals surface area contributed by atoms with Crippen molar-refractivity contribution >= 4 is 22.9 Å². The van der Waals surface area contributed by atoms with Gasteiger partial charge in [-0.2, -0.15) is 0 Å². The lowest BCUT2D eigenvalue weighted by Crippen LogP contribution is -2.22. The predicted octanol–water partition coefficient (Wildman–Crippen LogP) is 3.56. The van der Waals surface area contributed by atoms with E-state index in [9.17, 15) is 0 Å². The maximum absolute atomic E-state index is 5.85. The molecule has 1 aliphatic rings. The molecular weight excluding hydrogens is 280 g/mol. The number of hydrogen-bond donors (Lipinski definition) is 2. The Labute approximate surface area is 130 Å². The van der Waals surface area contributed by atoms with Gasteiger partial charge in [-0.1, -0.05) is 42.0 Å². The fourth-order valence-corrected chi connectivity index (χ4v) is 2.84. The van der Waals surface area contributed by atoms with E-state index < -0.39 is 0 Å². The van der Waals surface area contributed by atoms with E-state index in [2.05, 4.69) is 17.4 Å². The number of thiocarbonyl (C=S) groups is 1. The average Bonchev–Trinajstić information content (AvgIpc) is 2.49. The number of benzene rings is 2. The third-order valence-electron chi connectivity index (χ3n) is 3.73. The van der Waals surface area contributed by atoms with E-state index >= 15 is 0 Å². The van der Waals surface area contributed by atoms with Crippen LogP contribution in [0.3, 0.4) is 0 Å². The number of nitrogens with one attached hydrogen (secondary N) is 1. The Morgan fingerprint density at radius 1 is 1.29 bits per heavy atom. The number of fused-ring (bicyclic) bond motifs is 1. The van der Waals surface area contributed by atoms with Crippen molar-refractivity contribution in [1.82, 2.24) is 0 Å². The number of hydrogen-bond acceptors (Lipinski definition) is 3. The van der Waals surface area contributed by atoms with Crippen molar-refractivity contribution in [1.29, 1.82) is 0 Å². The summed E-state index contributed by atoms with van der Waals surface area (Å²) in [5, 5.41) is 3.57. The smallest absolute Gasteiger partial charge is 0.124 e. The summed E-state index contributed by atoms with van der Waals surface area (Å²) in [5.74, 6) is 0.949. The van der Waals surface area contributed by atoms with Crippen LogP contribution in [0.25, 0.3) is 0 Å². The van der Waals surface area contributed by atoms with Gasteiger partial charge in [0.15, 0.2) is 0 Å². The first-order chi connectivity index (χ1) is 10.1. The summed E-state index contributed by atoms with van der Waals surface area (Å²) in [4.78, 5) is 0.418. The third-order valence-corrected chi connectivity index (χ3v) is 3.95. The summed E-state index contributed by atoms with van der Waals surface area (Å²) < 4.78 is 5.70. The number of rotatable bonds is 3. The van der Waals surface area contributed by atoms with Crippen molar-refractivity contribution in [3.8, 4) is 5.75 Å². The molecule has 0 radical (unpaired) electrons. The van der Waals surface area contributed by atoms with Gasteiger partial charge in [0.05, 0.1) is 12.6 Å². The number of aryl methyl sites for hydroxylation is 1. The molecule has 1 aliphatic heterocycles. The first-order valence-electron chi connectivity index (χ1n) is 7.04. The van der Waals surface area contributed by atoms with Crippen LogP contribution < -0.4 is 15.8 Å². The van der Waals surface area contributed by atoms with Gasteiger partial charge < -0.3 is 15.8 Å². The first-order valence-corrected chi connectivity index (χ1v) is 7.44. The highest BCUT2D eigenvalue weighted by Crippen LogP contribution is 2.34. The molecule has 0 aliphatic carbocycles. The lowest BCUT2D eigenvalue weighted by molar-refractivity contribution is 0.274.